The lowest BCUT2D eigenvalue weighted by atomic mass is 10.1. The highest BCUT2D eigenvalue weighted by Crippen LogP contribution is 2.39. The molecule has 5 heteroatoms. The maximum absolute atomic E-state index is 6.53. The van der Waals surface area contributed by atoms with Crippen molar-refractivity contribution in [1.82, 2.24) is 9.80 Å². The van der Waals surface area contributed by atoms with Gasteiger partial charge in [0.05, 0.1) is 10.7 Å². The molecule has 2 aliphatic heterocycles. The minimum Gasteiger partial charge on any atom is -0.490 e. The first-order valence-electron chi connectivity index (χ1n) is 8.73. The number of rotatable bonds is 5. The van der Waals surface area contributed by atoms with Gasteiger partial charge in [-0.1, -0.05) is 17.7 Å². The molecule has 0 unspecified atom stereocenters. The molecule has 0 aromatic heterocycles. The second-order valence-corrected chi connectivity index (χ2v) is 7.14. The first kappa shape index (κ1) is 16.9. The summed E-state index contributed by atoms with van der Waals surface area (Å²) >= 11 is 6.53. The van der Waals surface area contributed by atoms with Crippen LogP contribution in [0.25, 0.3) is 0 Å². The van der Waals surface area contributed by atoms with Crippen molar-refractivity contribution in [3.63, 3.8) is 0 Å². The number of hydrogen-bond acceptors (Lipinski definition) is 4. The van der Waals surface area contributed by atoms with Gasteiger partial charge in [0, 0.05) is 32.7 Å². The van der Waals surface area contributed by atoms with Crippen LogP contribution in [0.4, 0.5) is 5.69 Å². The van der Waals surface area contributed by atoms with Gasteiger partial charge in [0.25, 0.3) is 0 Å². The summed E-state index contributed by atoms with van der Waals surface area (Å²) in [6, 6.07) is 4.06. The SMILES string of the molecule is Cc1ccc(Cl)c(N2CCN(C)CC2)c1OCCN1CCCC1. The van der Waals surface area contributed by atoms with E-state index < -0.39 is 0 Å². The normalized spacial score (nSPS) is 20.2. The highest BCUT2D eigenvalue weighted by Gasteiger charge is 2.22. The minimum atomic E-state index is 0.738. The second-order valence-electron chi connectivity index (χ2n) is 6.73. The molecule has 0 aliphatic carbocycles. The fraction of sp³-hybridized carbons (Fsp3) is 0.667. The third kappa shape index (κ3) is 4.11. The lowest BCUT2D eigenvalue weighted by Crippen LogP contribution is -2.44. The second kappa shape index (κ2) is 7.73. The number of piperazine rings is 1. The van der Waals surface area contributed by atoms with E-state index in [2.05, 4.69) is 34.7 Å². The van der Waals surface area contributed by atoms with Gasteiger partial charge in [0.15, 0.2) is 0 Å². The average Bonchev–Trinajstić information content (AvgIpc) is 3.05. The number of aryl methyl sites for hydroxylation is 1. The van der Waals surface area contributed by atoms with Crippen LogP contribution in [0.15, 0.2) is 12.1 Å². The van der Waals surface area contributed by atoms with Crippen molar-refractivity contribution >= 4 is 17.3 Å². The van der Waals surface area contributed by atoms with Gasteiger partial charge < -0.3 is 14.5 Å². The molecule has 2 heterocycles. The highest BCUT2D eigenvalue weighted by molar-refractivity contribution is 6.33. The number of halogens is 1. The van der Waals surface area contributed by atoms with Crippen molar-refractivity contribution in [3.8, 4) is 5.75 Å². The first-order chi connectivity index (χ1) is 11.1. The van der Waals surface area contributed by atoms with E-state index in [1.165, 1.54) is 31.5 Å². The molecule has 4 nitrogen and oxygen atoms in total. The zero-order chi connectivity index (χ0) is 16.2. The minimum absolute atomic E-state index is 0.738. The topological polar surface area (TPSA) is 19.0 Å². The Morgan fingerprint density at radius 1 is 1.04 bits per heavy atom. The molecule has 0 atom stereocenters. The predicted octanol–water partition coefficient (Wildman–Crippen LogP) is 2.87. The summed E-state index contributed by atoms with van der Waals surface area (Å²) in [6.45, 7) is 10.4. The molecule has 0 saturated carbocycles. The fourth-order valence-corrected chi connectivity index (χ4v) is 3.71. The number of benzene rings is 1. The summed E-state index contributed by atoms with van der Waals surface area (Å²) in [7, 11) is 2.17. The standard InChI is InChI=1S/C18H28ClN3O/c1-15-5-6-16(19)17(22-11-9-20(2)10-12-22)18(15)23-14-13-21-7-3-4-8-21/h5-6H,3-4,7-14H2,1-2H3. The van der Waals surface area contributed by atoms with Crippen molar-refractivity contribution < 1.29 is 4.74 Å². The van der Waals surface area contributed by atoms with Crippen LogP contribution in [-0.4, -0.2) is 69.3 Å². The summed E-state index contributed by atoms with van der Waals surface area (Å²) in [6.07, 6.45) is 2.64. The monoisotopic (exact) mass is 337 g/mol. The van der Waals surface area contributed by atoms with Crippen LogP contribution in [0.1, 0.15) is 18.4 Å². The van der Waals surface area contributed by atoms with Crippen LogP contribution >= 0.6 is 11.6 Å². The Hall–Kier alpha value is -0.970. The maximum atomic E-state index is 6.53. The molecule has 0 spiro atoms. The molecule has 23 heavy (non-hydrogen) atoms. The van der Waals surface area contributed by atoms with Crippen LogP contribution in [0.5, 0.6) is 5.75 Å². The van der Waals surface area contributed by atoms with Gasteiger partial charge in [0.2, 0.25) is 0 Å². The van der Waals surface area contributed by atoms with Crippen LogP contribution in [0.2, 0.25) is 5.02 Å². The summed E-state index contributed by atoms with van der Waals surface area (Å²) < 4.78 is 6.21. The lowest BCUT2D eigenvalue weighted by molar-refractivity contribution is 0.236. The largest absolute Gasteiger partial charge is 0.490 e. The third-order valence-electron chi connectivity index (χ3n) is 4.95. The maximum Gasteiger partial charge on any atom is 0.147 e. The zero-order valence-corrected chi connectivity index (χ0v) is 15.1. The predicted molar refractivity (Wildman–Crippen MR) is 97.1 cm³/mol. The van der Waals surface area contributed by atoms with Gasteiger partial charge in [-0.15, -0.1) is 0 Å². The van der Waals surface area contributed by atoms with E-state index >= 15 is 0 Å². The van der Waals surface area contributed by atoms with E-state index in [-0.39, 0.29) is 0 Å². The van der Waals surface area contributed by atoms with E-state index in [0.29, 0.717) is 0 Å². The average molecular weight is 338 g/mol. The van der Waals surface area contributed by atoms with E-state index in [1.54, 1.807) is 0 Å². The molecule has 0 N–H and O–H groups in total. The first-order valence-corrected chi connectivity index (χ1v) is 9.10. The number of hydrogen-bond donors (Lipinski definition) is 0. The number of ether oxygens (including phenoxy) is 1. The summed E-state index contributed by atoms with van der Waals surface area (Å²) in [5.74, 6) is 0.973. The molecule has 128 valence electrons. The van der Waals surface area contributed by atoms with Crippen molar-refractivity contribution in [2.24, 2.45) is 0 Å². The van der Waals surface area contributed by atoms with Gasteiger partial charge in [0.1, 0.15) is 12.4 Å². The molecule has 0 radical (unpaired) electrons. The Kier molecular flexibility index (Phi) is 5.67. The van der Waals surface area contributed by atoms with E-state index in [4.69, 9.17) is 16.3 Å². The molecule has 1 aromatic carbocycles. The Morgan fingerprint density at radius 3 is 2.43 bits per heavy atom. The van der Waals surface area contributed by atoms with Crippen LogP contribution < -0.4 is 9.64 Å². The molecule has 2 fully saturated rings. The zero-order valence-electron chi connectivity index (χ0n) is 14.4. The van der Waals surface area contributed by atoms with Crippen LogP contribution in [-0.2, 0) is 0 Å². The summed E-state index contributed by atoms with van der Waals surface area (Å²) in [5.41, 5.74) is 2.26. The smallest absolute Gasteiger partial charge is 0.147 e. The molecule has 0 bridgehead atoms. The molecule has 2 saturated heterocycles. The van der Waals surface area contributed by atoms with Crippen molar-refractivity contribution in [2.75, 3.05) is 64.4 Å². The van der Waals surface area contributed by atoms with Crippen LogP contribution in [0.3, 0.4) is 0 Å². The van der Waals surface area contributed by atoms with Gasteiger partial charge >= 0.3 is 0 Å². The Labute approximate surface area is 144 Å². The Balaban J connectivity index is 1.71. The molecule has 2 aliphatic rings. The number of likely N-dealkylation sites (tertiary alicyclic amines) is 1. The molecular formula is C18H28ClN3O. The van der Waals surface area contributed by atoms with Gasteiger partial charge in [-0.05, 0) is 51.5 Å². The van der Waals surface area contributed by atoms with E-state index in [0.717, 1.165) is 55.8 Å². The fourth-order valence-electron chi connectivity index (χ4n) is 3.44. The van der Waals surface area contributed by atoms with Crippen molar-refractivity contribution in [2.45, 2.75) is 19.8 Å². The Morgan fingerprint density at radius 2 is 1.74 bits per heavy atom. The van der Waals surface area contributed by atoms with Crippen molar-refractivity contribution in [3.05, 3.63) is 22.7 Å². The number of anilines is 1. The van der Waals surface area contributed by atoms with Crippen LogP contribution in [0, 0.1) is 6.92 Å². The Bertz CT molecular complexity index is 523. The summed E-state index contributed by atoms with van der Waals surface area (Å²) in [5, 5.41) is 0.802. The van der Waals surface area contributed by atoms with Gasteiger partial charge in [-0.3, -0.25) is 4.90 Å². The van der Waals surface area contributed by atoms with E-state index in [9.17, 15) is 0 Å². The van der Waals surface area contributed by atoms with Gasteiger partial charge in [-0.25, -0.2) is 0 Å². The van der Waals surface area contributed by atoms with E-state index in [1.807, 2.05) is 6.07 Å². The lowest BCUT2D eigenvalue weighted by Gasteiger charge is -2.35. The molecule has 1 aromatic rings. The molecule has 0 amide bonds. The highest BCUT2D eigenvalue weighted by atomic mass is 35.5. The van der Waals surface area contributed by atoms with Gasteiger partial charge in [-0.2, -0.15) is 0 Å². The van der Waals surface area contributed by atoms with Crippen molar-refractivity contribution in [1.29, 1.82) is 0 Å². The molecule has 3 rings (SSSR count). The molecular weight excluding hydrogens is 310 g/mol. The quantitative estimate of drug-likeness (QED) is 0.822. The number of nitrogens with zero attached hydrogens (tertiary/aromatic N) is 3. The third-order valence-corrected chi connectivity index (χ3v) is 5.26. The summed E-state index contributed by atoms with van der Waals surface area (Å²) in [4.78, 5) is 7.21. The number of likely N-dealkylation sites (N-methyl/N-ethyl adjacent to an activating group) is 1.